The van der Waals surface area contributed by atoms with E-state index in [0.29, 0.717) is 0 Å². The number of aromatic nitrogens is 2. The van der Waals surface area contributed by atoms with Crippen LogP contribution in [0.3, 0.4) is 0 Å². The molecule has 0 fully saturated rings. The van der Waals surface area contributed by atoms with Crippen molar-refractivity contribution >= 4 is 10.9 Å². The van der Waals surface area contributed by atoms with Gasteiger partial charge in [-0.25, -0.2) is 4.57 Å². The van der Waals surface area contributed by atoms with Gasteiger partial charge in [-0.2, -0.15) is 0 Å². The predicted octanol–water partition coefficient (Wildman–Crippen LogP) is 1.31. The zero-order valence-corrected chi connectivity index (χ0v) is 7.70. The first-order valence-electron chi connectivity index (χ1n) is 4.10. The molecule has 2 nitrogen and oxygen atoms in total. The molecular formula is C10H13N2+. The summed E-state index contributed by atoms with van der Waals surface area (Å²) in [4.78, 5) is 0. The van der Waals surface area contributed by atoms with Crippen LogP contribution in [0.1, 0.15) is 5.69 Å². The molecule has 2 rings (SSSR count). The largest absolute Gasteiger partial charge is 0.348 e. The van der Waals surface area contributed by atoms with Gasteiger partial charge in [0.1, 0.15) is 7.05 Å². The lowest BCUT2D eigenvalue weighted by Crippen LogP contribution is -2.25. The van der Waals surface area contributed by atoms with Gasteiger partial charge in [-0.1, -0.05) is 0 Å². The zero-order valence-electron chi connectivity index (χ0n) is 7.70. The minimum atomic E-state index is 1.30. The third-order valence-electron chi connectivity index (χ3n) is 2.36. The number of hydrogen-bond donors (Lipinski definition) is 0. The first-order valence-corrected chi connectivity index (χ1v) is 4.10. The van der Waals surface area contributed by atoms with Gasteiger partial charge in [0.15, 0.2) is 12.4 Å². The summed E-state index contributed by atoms with van der Waals surface area (Å²) in [6.07, 6.45) is 4.21. The molecule has 0 spiro atoms. The summed E-state index contributed by atoms with van der Waals surface area (Å²) in [5.74, 6) is 0. The summed E-state index contributed by atoms with van der Waals surface area (Å²) in [6, 6.07) is 4.34. The van der Waals surface area contributed by atoms with Crippen LogP contribution < -0.4 is 4.57 Å². The highest BCUT2D eigenvalue weighted by Crippen LogP contribution is 2.14. The van der Waals surface area contributed by atoms with Crippen LogP contribution in [0, 0.1) is 6.92 Å². The van der Waals surface area contributed by atoms with E-state index in [1.807, 2.05) is 7.05 Å². The summed E-state index contributed by atoms with van der Waals surface area (Å²) in [7, 11) is 4.14. The number of nitrogens with zero attached hydrogens (tertiary/aromatic N) is 2. The third kappa shape index (κ3) is 0.916. The number of aryl methyl sites for hydroxylation is 3. The molecule has 2 aromatic heterocycles. The van der Waals surface area contributed by atoms with Crippen LogP contribution in [0.2, 0.25) is 0 Å². The molecule has 0 aromatic carbocycles. The molecule has 0 aliphatic carbocycles. The molecule has 0 N–H and O–H groups in total. The van der Waals surface area contributed by atoms with E-state index in [-0.39, 0.29) is 0 Å². The Morgan fingerprint density at radius 1 is 1.42 bits per heavy atom. The molecule has 0 radical (unpaired) electrons. The Hall–Kier alpha value is -1.31. The number of fused-ring (bicyclic) bond motifs is 1. The highest BCUT2D eigenvalue weighted by Gasteiger charge is 2.04. The van der Waals surface area contributed by atoms with Gasteiger partial charge in [0.2, 0.25) is 0 Å². The van der Waals surface area contributed by atoms with E-state index in [1.165, 1.54) is 16.6 Å². The molecule has 62 valence electrons. The molecule has 2 heterocycles. The highest BCUT2D eigenvalue weighted by molar-refractivity contribution is 5.79. The summed E-state index contributed by atoms with van der Waals surface area (Å²) in [5.41, 5.74) is 2.60. The van der Waals surface area contributed by atoms with E-state index in [4.69, 9.17) is 0 Å². The fraction of sp³-hybridized carbons (Fsp3) is 0.300. The van der Waals surface area contributed by atoms with E-state index in [0.717, 1.165) is 0 Å². The molecule has 0 saturated heterocycles. The van der Waals surface area contributed by atoms with Gasteiger partial charge >= 0.3 is 0 Å². The van der Waals surface area contributed by atoms with Crippen molar-refractivity contribution in [1.29, 1.82) is 0 Å². The van der Waals surface area contributed by atoms with Crippen molar-refractivity contribution in [2.24, 2.45) is 14.1 Å². The molecule has 0 bridgehead atoms. The summed E-state index contributed by atoms with van der Waals surface area (Å²) < 4.78 is 4.27. The Kier molecular flexibility index (Phi) is 1.43. The maximum absolute atomic E-state index is 2.20. The Morgan fingerprint density at radius 3 is 2.92 bits per heavy atom. The van der Waals surface area contributed by atoms with E-state index >= 15 is 0 Å². The summed E-state index contributed by atoms with van der Waals surface area (Å²) in [6.45, 7) is 2.12. The van der Waals surface area contributed by atoms with Crippen molar-refractivity contribution in [3.63, 3.8) is 0 Å². The lowest BCUT2D eigenvalue weighted by atomic mass is 10.3. The van der Waals surface area contributed by atoms with E-state index in [9.17, 15) is 0 Å². The van der Waals surface area contributed by atoms with Gasteiger partial charge in [0, 0.05) is 18.8 Å². The highest BCUT2D eigenvalue weighted by atomic mass is 15.0. The lowest BCUT2D eigenvalue weighted by Gasteiger charge is -1.96. The van der Waals surface area contributed by atoms with Gasteiger partial charge in [-0.3, -0.25) is 0 Å². The normalized spacial score (nSPS) is 10.9. The second-order valence-electron chi connectivity index (χ2n) is 3.30. The smallest absolute Gasteiger partial charge is 0.177 e. The Balaban J connectivity index is 2.87. The van der Waals surface area contributed by atoms with Crippen molar-refractivity contribution in [3.05, 3.63) is 30.2 Å². The van der Waals surface area contributed by atoms with Gasteiger partial charge in [-0.15, -0.1) is 0 Å². The Morgan fingerprint density at radius 2 is 2.17 bits per heavy atom. The van der Waals surface area contributed by atoms with Crippen molar-refractivity contribution in [2.75, 3.05) is 0 Å². The second kappa shape index (κ2) is 2.34. The monoisotopic (exact) mass is 161 g/mol. The Bertz CT molecular complexity index is 427. The fourth-order valence-corrected chi connectivity index (χ4v) is 1.54. The minimum absolute atomic E-state index is 1.30. The minimum Gasteiger partial charge on any atom is -0.348 e. The van der Waals surface area contributed by atoms with E-state index < -0.39 is 0 Å². The van der Waals surface area contributed by atoms with Crippen LogP contribution in [0.4, 0.5) is 0 Å². The lowest BCUT2D eigenvalue weighted by molar-refractivity contribution is -0.670. The van der Waals surface area contributed by atoms with E-state index in [2.05, 4.69) is 47.6 Å². The number of hydrogen-bond acceptors (Lipinski definition) is 0. The van der Waals surface area contributed by atoms with Crippen LogP contribution in [0.15, 0.2) is 24.5 Å². The topological polar surface area (TPSA) is 8.81 Å². The standard InChI is InChI=1S/C10H13N2/c1-8-6-9-7-11(2)5-4-10(9)12(8)3/h4-7H,1-3H3/q+1. The molecule has 2 heteroatoms. The molecule has 0 aliphatic heterocycles. The van der Waals surface area contributed by atoms with E-state index in [1.54, 1.807) is 0 Å². The summed E-state index contributed by atoms with van der Waals surface area (Å²) in [5, 5.41) is 1.31. The van der Waals surface area contributed by atoms with Crippen molar-refractivity contribution < 1.29 is 4.57 Å². The first kappa shape index (κ1) is 7.35. The summed E-state index contributed by atoms with van der Waals surface area (Å²) >= 11 is 0. The Labute approximate surface area is 72.1 Å². The SMILES string of the molecule is Cc1cc2c[n+](C)ccc2n1C. The van der Waals surface area contributed by atoms with Crippen LogP contribution in [-0.4, -0.2) is 4.57 Å². The third-order valence-corrected chi connectivity index (χ3v) is 2.36. The molecule has 0 saturated carbocycles. The van der Waals surface area contributed by atoms with Crippen LogP contribution in [0.25, 0.3) is 10.9 Å². The fourth-order valence-electron chi connectivity index (χ4n) is 1.54. The zero-order chi connectivity index (χ0) is 8.72. The van der Waals surface area contributed by atoms with Gasteiger partial charge in [0.05, 0.1) is 10.9 Å². The molecule has 0 aliphatic rings. The second-order valence-corrected chi connectivity index (χ2v) is 3.30. The quantitative estimate of drug-likeness (QED) is 0.515. The predicted molar refractivity (Wildman–Crippen MR) is 48.8 cm³/mol. The molecule has 0 amide bonds. The van der Waals surface area contributed by atoms with Gasteiger partial charge in [0.25, 0.3) is 0 Å². The maximum Gasteiger partial charge on any atom is 0.177 e. The first-order chi connectivity index (χ1) is 5.68. The van der Waals surface area contributed by atoms with Crippen molar-refractivity contribution in [3.8, 4) is 0 Å². The molecule has 0 atom stereocenters. The van der Waals surface area contributed by atoms with Crippen molar-refractivity contribution in [2.45, 2.75) is 6.92 Å². The number of pyridine rings is 1. The van der Waals surface area contributed by atoms with Gasteiger partial charge < -0.3 is 4.57 Å². The van der Waals surface area contributed by atoms with Crippen LogP contribution >= 0.6 is 0 Å². The van der Waals surface area contributed by atoms with Gasteiger partial charge in [-0.05, 0) is 13.0 Å². The molecule has 2 aromatic rings. The molecular weight excluding hydrogens is 148 g/mol. The van der Waals surface area contributed by atoms with Crippen LogP contribution in [0.5, 0.6) is 0 Å². The number of rotatable bonds is 0. The maximum atomic E-state index is 2.20. The average molecular weight is 161 g/mol. The molecule has 12 heavy (non-hydrogen) atoms. The average Bonchev–Trinajstić information content (AvgIpc) is 2.28. The molecule has 0 unspecified atom stereocenters. The van der Waals surface area contributed by atoms with Crippen molar-refractivity contribution in [1.82, 2.24) is 4.57 Å². The van der Waals surface area contributed by atoms with Crippen LogP contribution in [-0.2, 0) is 14.1 Å².